The first-order valence-electron chi connectivity index (χ1n) is 9.54. The van der Waals surface area contributed by atoms with Gasteiger partial charge in [0.1, 0.15) is 11.8 Å². The number of hydrogen-bond acceptors (Lipinski definition) is 4. The number of benzene rings is 3. The number of nitrogens with zero attached hydrogens (tertiary/aromatic N) is 2. The molecule has 0 bridgehead atoms. The zero-order valence-corrected chi connectivity index (χ0v) is 16.7. The molecule has 2 amide bonds. The van der Waals surface area contributed by atoms with E-state index < -0.39 is 6.03 Å². The number of methoxy groups -OCH3 is 1. The molecule has 0 aromatic heterocycles. The molecule has 3 aromatic carbocycles. The van der Waals surface area contributed by atoms with Crippen LogP contribution in [0.4, 0.5) is 10.5 Å². The van der Waals surface area contributed by atoms with Crippen LogP contribution in [-0.2, 0) is 6.54 Å². The fraction of sp³-hybridized carbons (Fsp3) is 0.167. The van der Waals surface area contributed by atoms with Crippen LogP contribution in [0.3, 0.4) is 0 Å². The van der Waals surface area contributed by atoms with Gasteiger partial charge in [-0.05, 0) is 29.3 Å². The number of nitriles is 1. The van der Waals surface area contributed by atoms with E-state index in [0.717, 1.165) is 16.7 Å². The van der Waals surface area contributed by atoms with Crippen molar-refractivity contribution in [2.75, 3.05) is 25.6 Å². The van der Waals surface area contributed by atoms with Crippen LogP contribution < -0.4 is 10.1 Å². The van der Waals surface area contributed by atoms with Gasteiger partial charge in [-0.3, -0.25) is 0 Å². The molecular formula is C24H23N3O3. The Hall–Kier alpha value is -3.82. The van der Waals surface area contributed by atoms with Crippen molar-refractivity contribution in [2.45, 2.75) is 6.54 Å². The third-order valence-corrected chi connectivity index (χ3v) is 4.67. The predicted molar refractivity (Wildman–Crippen MR) is 116 cm³/mol. The first-order chi connectivity index (χ1) is 14.7. The Balaban J connectivity index is 1.84. The normalized spacial score (nSPS) is 10.2. The SMILES string of the molecule is COc1cccc(CN(CCO)C(=O)Nc2cccc(-c3ccccc3)c2C#N)c1. The molecule has 6 nitrogen and oxygen atoms in total. The lowest BCUT2D eigenvalue weighted by Crippen LogP contribution is -2.36. The number of carbonyl (C=O) groups is 1. The first-order valence-corrected chi connectivity index (χ1v) is 9.54. The fourth-order valence-electron chi connectivity index (χ4n) is 3.19. The monoisotopic (exact) mass is 401 g/mol. The van der Waals surface area contributed by atoms with Gasteiger partial charge >= 0.3 is 6.03 Å². The minimum atomic E-state index is -0.395. The Kier molecular flexibility index (Phi) is 7.04. The number of carbonyl (C=O) groups excluding carboxylic acids is 1. The van der Waals surface area contributed by atoms with Crippen LogP contribution in [0.5, 0.6) is 5.75 Å². The van der Waals surface area contributed by atoms with Gasteiger partial charge in [0.25, 0.3) is 0 Å². The Morgan fingerprint density at radius 2 is 1.87 bits per heavy atom. The van der Waals surface area contributed by atoms with E-state index in [4.69, 9.17) is 4.74 Å². The fourth-order valence-corrected chi connectivity index (χ4v) is 3.19. The Morgan fingerprint density at radius 1 is 1.10 bits per heavy atom. The molecule has 0 aliphatic carbocycles. The van der Waals surface area contributed by atoms with Crippen molar-refractivity contribution in [1.82, 2.24) is 4.90 Å². The molecule has 0 radical (unpaired) electrons. The largest absolute Gasteiger partial charge is 0.497 e. The van der Waals surface area contributed by atoms with Crippen LogP contribution in [-0.4, -0.2) is 36.3 Å². The number of aliphatic hydroxyl groups excluding tert-OH is 1. The number of amides is 2. The van der Waals surface area contributed by atoms with Gasteiger partial charge in [-0.15, -0.1) is 0 Å². The highest BCUT2D eigenvalue weighted by atomic mass is 16.5. The standard InChI is InChI=1S/C24H23N3O3/c1-30-20-10-5-7-18(15-20)17-27(13-14-28)24(29)26-23-12-6-11-21(22(23)16-25)19-8-3-2-4-9-19/h2-12,15,28H,13-14,17H2,1H3,(H,26,29). The van der Waals surface area contributed by atoms with Crippen LogP contribution in [0, 0.1) is 11.3 Å². The number of nitrogens with one attached hydrogen (secondary N) is 1. The predicted octanol–water partition coefficient (Wildman–Crippen LogP) is 4.26. The Bertz CT molecular complexity index is 1050. The van der Waals surface area contributed by atoms with E-state index in [1.54, 1.807) is 19.2 Å². The average Bonchev–Trinajstić information content (AvgIpc) is 2.79. The molecule has 0 aliphatic rings. The van der Waals surface area contributed by atoms with Gasteiger partial charge in [0.05, 0.1) is 25.0 Å². The molecule has 0 heterocycles. The number of ether oxygens (including phenoxy) is 1. The van der Waals surface area contributed by atoms with Crippen molar-refractivity contribution in [3.05, 3.63) is 83.9 Å². The van der Waals surface area contributed by atoms with E-state index in [1.165, 1.54) is 4.90 Å². The van der Waals surface area contributed by atoms with E-state index >= 15 is 0 Å². The Labute approximate surface area is 176 Å². The maximum atomic E-state index is 12.9. The molecule has 0 fully saturated rings. The summed E-state index contributed by atoms with van der Waals surface area (Å²) in [6.07, 6.45) is 0. The van der Waals surface area contributed by atoms with Gasteiger partial charge in [-0.1, -0.05) is 54.6 Å². The van der Waals surface area contributed by atoms with Gasteiger partial charge < -0.3 is 20.1 Å². The zero-order valence-electron chi connectivity index (χ0n) is 16.7. The van der Waals surface area contributed by atoms with E-state index in [-0.39, 0.29) is 13.2 Å². The molecule has 0 saturated heterocycles. The Morgan fingerprint density at radius 3 is 2.57 bits per heavy atom. The second kappa shape index (κ2) is 10.1. The first kappa shape index (κ1) is 20.9. The highest BCUT2D eigenvalue weighted by Gasteiger charge is 2.17. The van der Waals surface area contributed by atoms with Gasteiger partial charge in [-0.25, -0.2) is 4.79 Å². The molecule has 0 saturated carbocycles. The molecule has 6 heteroatoms. The molecule has 0 spiro atoms. The van der Waals surface area contributed by atoms with Crippen LogP contribution in [0.2, 0.25) is 0 Å². The zero-order chi connectivity index (χ0) is 21.3. The summed E-state index contributed by atoms with van der Waals surface area (Å²) in [5.41, 5.74) is 3.34. The summed E-state index contributed by atoms with van der Waals surface area (Å²) in [5.74, 6) is 0.694. The molecule has 0 aliphatic heterocycles. The molecule has 3 aromatic rings. The van der Waals surface area contributed by atoms with E-state index in [9.17, 15) is 15.2 Å². The van der Waals surface area contributed by atoms with Gasteiger partial charge in [-0.2, -0.15) is 5.26 Å². The third-order valence-electron chi connectivity index (χ3n) is 4.67. The number of rotatable bonds is 7. The van der Waals surface area contributed by atoms with Crippen LogP contribution in [0.1, 0.15) is 11.1 Å². The molecule has 2 N–H and O–H groups in total. The van der Waals surface area contributed by atoms with Gasteiger partial charge in [0.2, 0.25) is 0 Å². The summed E-state index contributed by atoms with van der Waals surface area (Å²) in [6, 6.07) is 24.1. The second-order valence-corrected chi connectivity index (χ2v) is 6.63. The van der Waals surface area contributed by atoms with Crippen molar-refractivity contribution >= 4 is 11.7 Å². The summed E-state index contributed by atoms with van der Waals surface area (Å²) < 4.78 is 5.23. The lowest BCUT2D eigenvalue weighted by atomic mass is 9.99. The summed E-state index contributed by atoms with van der Waals surface area (Å²) in [4.78, 5) is 14.4. The molecule has 30 heavy (non-hydrogen) atoms. The smallest absolute Gasteiger partial charge is 0.322 e. The van der Waals surface area contributed by atoms with E-state index in [2.05, 4.69) is 11.4 Å². The highest BCUT2D eigenvalue weighted by Crippen LogP contribution is 2.29. The maximum Gasteiger partial charge on any atom is 0.322 e. The lowest BCUT2D eigenvalue weighted by molar-refractivity contribution is 0.185. The van der Waals surface area contributed by atoms with Crippen LogP contribution in [0.25, 0.3) is 11.1 Å². The molecule has 0 atom stereocenters. The van der Waals surface area contributed by atoms with Crippen molar-refractivity contribution < 1.29 is 14.6 Å². The van der Waals surface area contributed by atoms with Gasteiger partial charge in [0.15, 0.2) is 0 Å². The highest BCUT2D eigenvalue weighted by molar-refractivity contribution is 5.93. The van der Waals surface area contributed by atoms with E-state index in [1.807, 2.05) is 60.7 Å². The number of urea groups is 1. The maximum absolute atomic E-state index is 12.9. The summed E-state index contributed by atoms with van der Waals surface area (Å²) in [7, 11) is 1.58. The molecule has 3 rings (SSSR count). The average molecular weight is 401 g/mol. The van der Waals surface area contributed by atoms with Gasteiger partial charge in [0, 0.05) is 18.7 Å². The van der Waals surface area contributed by atoms with Crippen LogP contribution >= 0.6 is 0 Å². The lowest BCUT2D eigenvalue weighted by Gasteiger charge is -2.23. The quantitative estimate of drug-likeness (QED) is 0.619. The number of hydrogen-bond donors (Lipinski definition) is 2. The van der Waals surface area contributed by atoms with E-state index in [0.29, 0.717) is 23.5 Å². The minimum Gasteiger partial charge on any atom is -0.497 e. The van der Waals surface area contributed by atoms with Crippen molar-refractivity contribution in [2.24, 2.45) is 0 Å². The molecule has 0 unspecified atom stereocenters. The van der Waals surface area contributed by atoms with Crippen molar-refractivity contribution in [3.8, 4) is 22.9 Å². The molecular weight excluding hydrogens is 378 g/mol. The summed E-state index contributed by atoms with van der Waals surface area (Å²) >= 11 is 0. The third kappa shape index (κ3) is 4.96. The summed E-state index contributed by atoms with van der Waals surface area (Å²) in [5, 5.41) is 22.0. The second-order valence-electron chi connectivity index (χ2n) is 6.63. The topological polar surface area (TPSA) is 85.6 Å². The number of anilines is 1. The van der Waals surface area contributed by atoms with Crippen LogP contribution in [0.15, 0.2) is 72.8 Å². The molecule has 152 valence electrons. The minimum absolute atomic E-state index is 0.156. The van der Waals surface area contributed by atoms with Crippen molar-refractivity contribution in [1.29, 1.82) is 5.26 Å². The van der Waals surface area contributed by atoms with Crippen molar-refractivity contribution in [3.63, 3.8) is 0 Å². The summed E-state index contributed by atoms with van der Waals surface area (Å²) in [6.45, 7) is 0.277. The number of aliphatic hydroxyl groups is 1.